The van der Waals surface area contributed by atoms with E-state index in [2.05, 4.69) is 26.9 Å². The Bertz CT molecular complexity index is 1860. The van der Waals surface area contributed by atoms with E-state index in [9.17, 15) is 14.4 Å². The molecule has 6 aromatic heterocycles. The van der Waals surface area contributed by atoms with Gasteiger partial charge < -0.3 is 29.5 Å². The number of nitrogens with zero attached hydrogens (tertiary/aromatic N) is 3. The van der Waals surface area contributed by atoms with E-state index >= 15 is 0 Å². The molecule has 3 N–H and O–H groups in total. The summed E-state index contributed by atoms with van der Waals surface area (Å²) in [6.45, 7) is 16.3. The van der Waals surface area contributed by atoms with Gasteiger partial charge in [-0.1, -0.05) is 30.3 Å². The first-order chi connectivity index (χ1) is 25.7. The Morgan fingerprint density at radius 3 is 1.28 bits per heavy atom. The fourth-order valence-corrected chi connectivity index (χ4v) is 8.36. The van der Waals surface area contributed by atoms with Crippen molar-refractivity contribution in [3.8, 4) is 0 Å². The SMILES string of the molecule is C.C.CC(=O)c1ccc(CCCc2c(C)noc2C)s1.CC(=O)c1ccc(CNCc2c(C)noc2C)s1.Cc1noc(C)c1CCCc1ccc(C(=O)O)s1.[Li+].[OH-]. The zero-order valence-electron chi connectivity index (χ0n) is 33.5. The van der Waals surface area contributed by atoms with E-state index in [1.54, 1.807) is 31.3 Å². The quantitative estimate of drug-likeness (QED) is 0.0751. The van der Waals surface area contributed by atoms with Crippen LogP contribution in [0.4, 0.5) is 0 Å². The van der Waals surface area contributed by atoms with Gasteiger partial charge in [0.1, 0.15) is 22.2 Å². The van der Waals surface area contributed by atoms with Gasteiger partial charge in [0.15, 0.2) is 11.6 Å². The number of ketones is 2. The third kappa shape index (κ3) is 16.0. The van der Waals surface area contributed by atoms with Crippen molar-refractivity contribution in [2.45, 2.75) is 122 Å². The van der Waals surface area contributed by atoms with Crippen LogP contribution in [0.1, 0.15) is 136 Å². The van der Waals surface area contributed by atoms with E-state index in [0.29, 0.717) is 4.88 Å². The van der Waals surface area contributed by atoms with Crippen LogP contribution in [-0.4, -0.2) is 43.6 Å². The molecule has 0 aromatic carbocycles. The van der Waals surface area contributed by atoms with E-state index in [4.69, 9.17) is 18.7 Å². The van der Waals surface area contributed by atoms with E-state index in [1.165, 1.54) is 38.7 Å². The van der Waals surface area contributed by atoms with E-state index in [-0.39, 0.29) is 50.8 Å². The number of nitrogens with one attached hydrogen (secondary N) is 1. The predicted molar refractivity (Wildman–Crippen MR) is 228 cm³/mol. The third-order valence-electron chi connectivity index (χ3n) is 8.73. The normalized spacial score (nSPS) is 10.1. The summed E-state index contributed by atoms with van der Waals surface area (Å²) in [5, 5.41) is 24.0. The average Bonchev–Trinajstić information content (AvgIpc) is 4.00. The van der Waals surface area contributed by atoms with E-state index in [0.717, 1.165) is 111 Å². The van der Waals surface area contributed by atoms with Crippen molar-refractivity contribution in [2.75, 3.05) is 0 Å². The number of aromatic carboxylic acids is 1. The Morgan fingerprint density at radius 1 is 0.569 bits per heavy atom. The summed E-state index contributed by atoms with van der Waals surface area (Å²) < 4.78 is 15.4. The zero-order valence-corrected chi connectivity index (χ0v) is 36.0. The molecule has 6 rings (SSSR count). The van der Waals surface area contributed by atoms with Gasteiger partial charge in [-0.2, -0.15) is 0 Å². The first kappa shape index (κ1) is 54.1. The number of carboxylic acids is 1. The van der Waals surface area contributed by atoms with Crippen molar-refractivity contribution in [1.29, 1.82) is 0 Å². The molecule has 0 aliphatic rings. The number of thiophene rings is 3. The van der Waals surface area contributed by atoms with Crippen molar-refractivity contribution in [1.82, 2.24) is 20.8 Å². The molecule has 0 bridgehead atoms. The van der Waals surface area contributed by atoms with Crippen LogP contribution in [0.2, 0.25) is 0 Å². The first-order valence-corrected chi connectivity index (χ1v) is 20.2. The molecule has 58 heavy (non-hydrogen) atoms. The van der Waals surface area contributed by atoms with Gasteiger partial charge in [-0.05, 0) is 130 Å². The summed E-state index contributed by atoms with van der Waals surface area (Å²) >= 11 is 4.48. The molecule has 12 nitrogen and oxygen atoms in total. The Kier molecular flexibility index (Phi) is 24.4. The van der Waals surface area contributed by atoms with Crippen LogP contribution in [0.25, 0.3) is 0 Å². The van der Waals surface area contributed by atoms with E-state index in [1.807, 2.05) is 65.8 Å². The van der Waals surface area contributed by atoms with Crippen LogP contribution in [-0.2, 0) is 38.8 Å². The molecular formula is C42H57LiN4O8S3. The minimum Gasteiger partial charge on any atom is -0.870 e. The summed E-state index contributed by atoms with van der Waals surface area (Å²) in [7, 11) is 0. The third-order valence-corrected chi connectivity index (χ3v) is 12.3. The number of carbonyl (C=O) groups is 3. The number of rotatable bonds is 15. The first-order valence-electron chi connectivity index (χ1n) is 17.7. The fraction of sp³-hybridized carbons (Fsp3) is 0.429. The zero-order chi connectivity index (χ0) is 39.4. The van der Waals surface area contributed by atoms with Crippen LogP contribution in [0.15, 0.2) is 50.0 Å². The van der Waals surface area contributed by atoms with Gasteiger partial charge in [-0.15, -0.1) is 34.0 Å². The van der Waals surface area contributed by atoms with Crippen LogP contribution < -0.4 is 24.2 Å². The number of hydrogen-bond donors (Lipinski definition) is 2. The Labute approximate surface area is 366 Å². The molecule has 6 heterocycles. The molecule has 6 aromatic rings. The molecule has 0 aliphatic carbocycles. The molecule has 0 saturated carbocycles. The molecule has 0 amide bonds. The van der Waals surface area contributed by atoms with Crippen molar-refractivity contribution in [3.05, 3.63) is 117 Å². The second-order valence-corrected chi connectivity index (χ2v) is 16.4. The van der Waals surface area contributed by atoms with Crippen LogP contribution >= 0.6 is 34.0 Å². The monoisotopic (exact) mass is 848 g/mol. The average molecular weight is 849 g/mol. The molecule has 0 fully saturated rings. The Hall–Kier alpha value is -3.94. The molecule has 0 saturated heterocycles. The molecule has 0 aliphatic heterocycles. The largest absolute Gasteiger partial charge is 1.00 e. The van der Waals surface area contributed by atoms with Crippen molar-refractivity contribution in [3.63, 3.8) is 0 Å². The summed E-state index contributed by atoms with van der Waals surface area (Å²) in [5.41, 5.74) is 6.37. The molecule has 0 radical (unpaired) electrons. The second kappa shape index (κ2) is 26.2. The van der Waals surface area contributed by atoms with Crippen LogP contribution in [0.3, 0.4) is 0 Å². The molecule has 16 heteroatoms. The summed E-state index contributed by atoms with van der Waals surface area (Å²) in [4.78, 5) is 38.7. The summed E-state index contributed by atoms with van der Waals surface area (Å²) in [6.07, 6.45) is 5.82. The molecule has 0 unspecified atom stereocenters. The van der Waals surface area contributed by atoms with Crippen molar-refractivity contribution >= 4 is 51.5 Å². The minimum atomic E-state index is -0.850. The Balaban J connectivity index is 0.000000812. The predicted octanol–water partition coefficient (Wildman–Crippen LogP) is 7.90. The number of carboxylic acid groups (broad SMARTS) is 1. The van der Waals surface area contributed by atoms with Gasteiger partial charge in [0.2, 0.25) is 0 Å². The Morgan fingerprint density at radius 2 is 0.931 bits per heavy atom. The number of Topliss-reactive ketones (excluding diaryl/α,β-unsaturated/α-hetero) is 2. The smallest absolute Gasteiger partial charge is 0.870 e. The maximum atomic E-state index is 11.2. The van der Waals surface area contributed by atoms with Gasteiger partial charge >= 0.3 is 24.8 Å². The fourth-order valence-electron chi connectivity index (χ4n) is 5.65. The van der Waals surface area contributed by atoms with Gasteiger partial charge in [0.25, 0.3) is 0 Å². The molecule has 312 valence electrons. The molecule has 0 atom stereocenters. The van der Waals surface area contributed by atoms with Gasteiger partial charge in [-0.25, -0.2) is 4.79 Å². The number of aromatic nitrogens is 3. The van der Waals surface area contributed by atoms with Crippen LogP contribution in [0, 0.1) is 41.5 Å². The summed E-state index contributed by atoms with van der Waals surface area (Å²) in [5.74, 6) is 2.08. The van der Waals surface area contributed by atoms with Gasteiger partial charge in [-0.3, -0.25) is 9.59 Å². The maximum absolute atomic E-state index is 11.2. The van der Waals surface area contributed by atoms with Gasteiger partial charge in [0, 0.05) is 44.4 Å². The minimum absolute atomic E-state index is 0. The number of carbonyl (C=O) groups excluding carboxylic acids is 2. The van der Waals surface area contributed by atoms with Crippen LogP contribution in [0.5, 0.6) is 0 Å². The molecular weight excluding hydrogens is 792 g/mol. The van der Waals surface area contributed by atoms with E-state index < -0.39 is 5.97 Å². The van der Waals surface area contributed by atoms with Gasteiger partial charge in [0.05, 0.1) is 26.8 Å². The van der Waals surface area contributed by atoms with Crippen molar-refractivity contribution < 1.29 is 57.4 Å². The molecule has 0 spiro atoms. The number of aryl methyl sites for hydroxylation is 8. The van der Waals surface area contributed by atoms with Crippen molar-refractivity contribution in [2.24, 2.45) is 0 Å². The summed E-state index contributed by atoms with van der Waals surface area (Å²) in [6, 6.07) is 11.4. The second-order valence-electron chi connectivity index (χ2n) is 12.9. The topological polar surface area (TPSA) is 192 Å². The maximum Gasteiger partial charge on any atom is 1.00 e. The number of hydrogen-bond acceptors (Lipinski definition) is 14. The standard InChI is InChI=1S/C14H17NO2S.C13H16N2O2S.C13H15NO3S.2CH4.Li.H2O/c1-9-13(11(3)17-15-9)6-4-5-12-7-8-14(18-12)10(2)16;1-8-12(10(3)17-15-8)7-14-6-11-4-5-13(18-11)9(2)16;1-8-11(9(2)17-14-8)5-3-4-10-6-7-12(18-10)13(15)16;;;;/h7-8H,4-6H2,1-3H3;4-5,14H,6-7H2,1-3H3;6-7H,3-5H2,1-2H3,(H,15,16);2*1H4;;1H2/q;;;;;+1;/p-1.